The van der Waals surface area contributed by atoms with Gasteiger partial charge in [-0.1, -0.05) is 12.1 Å². The summed E-state index contributed by atoms with van der Waals surface area (Å²) >= 11 is 0. The fourth-order valence-corrected chi connectivity index (χ4v) is 4.71. The summed E-state index contributed by atoms with van der Waals surface area (Å²) < 4.78 is 15.2. The van der Waals surface area contributed by atoms with Crippen LogP contribution in [0.4, 0.5) is 15.8 Å². The van der Waals surface area contributed by atoms with E-state index < -0.39 is 5.82 Å². The molecule has 1 aliphatic heterocycles. The summed E-state index contributed by atoms with van der Waals surface area (Å²) in [6.45, 7) is 4.49. The van der Waals surface area contributed by atoms with Gasteiger partial charge >= 0.3 is 0 Å². The van der Waals surface area contributed by atoms with Crippen molar-refractivity contribution < 1.29 is 14.0 Å². The number of halogens is 1. The Hall–Kier alpha value is -4.26. The lowest BCUT2D eigenvalue weighted by molar-refractivity contribution is 0.0983. The number of hydrogen-bond acceptors (Lipinski definition) is 3. The molecule has 0 atom stereocenters. The summed E-state index contributed by atoms with van der Waals surface area (Å²) in [5, 5.41) is 2.94. The Morgan fingerprint density at radius 1 is 1.00 bits per heavy atom. The number of hydrogen-bond donors (Lipinski definition) is 1. The highest BCUT2D eigenvalue weighted by molar-refractivity contribution is 6.09. The zero-order valence-corrected chi connectivity index (χ0v) is 19.6. The lowest BCUT2D eigenvalue weighted by Gasteiger charge is -2.31. The van der Waals surface area contributed by atoms with Gasteiger partial charge in [-0.3, -0.25) is 9.59 Å². The van der Waals surface area contributed by atoms with Crippen molar-refractivity contribution in [2.45, 2.75) is 26.7 Å². The summed E-state index contributed by atoms with van der Waals surface area (Å²) in [4.78, 5) is 32.7. The quantitative estimate of drug-likeness (QED) is 0.432. The average molecular weight is 469 g/mol. The monoisotopic (exact) mass is 468 g/mol. The first-order valence-electron chi connectivity index (χ1n) is 11.5. The van der Waals surface area contributed by atoms with Crippen molar-refractivity contribution in [1.29, 1.82) is 0 Å². The summed E-state index contributed by atoms with van der Waals surface area (Å²) in [6, 6.07) is 18.6. The van der Waals surface area contributed by atoms with Gasteiger partial charge in [-0.15, -0.1) is 0 Å². The lowest BCUT2D eigenvalue weighted by atomic mass is 9.98. The van der Waals surface area contributed by atoms with Crippen LogP contribution in [0, 0.1) is 19.7 Å². The van der Waals surface area contributed by atoms with E-state index in [4.69, 9.17) is 0 Å². The van der Waals surface area contributed by atoms with Crippen LogP contribution in [-0.4, -0.2) is 27.9 Å². The second-order valence-electron chi connectivity index (χ2n) is 8.63. The van der Waals surface area contributed by atoms with Crippen LogP contribution < -0.4 is 10.2 Å². The molecule has 2 aromatic carbocycles. The molecule has 176 valence electrons. The lowest BCUT2D eigenvalue weighted by Crippen LogP contribution is -2.36. The van der Waals surface area contributed by atoms with Gasteiger partial charge in [0.1, 0.15) is 11.6 Å². The molecule has 0 spiro atoms. The van der Waals surface area contributed by atoms with Crippen molar-refractivity contribution in [3.8, 4) is 5.82 Å². The Balaban J connectivity index is 1.46. The van der Waals surface area contributed by atoms with Crippen LogP contribution in [-0.2, 0) is 6.42 Å². The van der Waals surface area contributed by atoms with Crippen LogP contribution in [0.25, 0.3) is 5.82 Å². The van der Waals surface area contributed by atoms with E-state index in [0.29, 0.717) is 23.4 Å². The van der Waals surface area contributed by atoms with E-state index in [9.17, 15) is 14.0 Å². The van der Waals surface area contributed by atoms with E-state index in [0.717, 1.165) is 41.3 Å². The van der Waals surface area contributed by atoms with Crippen LogP contribution in [0.1, 0.15) is 44.1 Å². The average Bonchev–Trinajstić information content (AvgIpc) is 3.18. The molecule has 0 bridgehead atoms. The van der Waals surface area contributed by atoms with Gasteiger partial charge in [-0.05, 0) is 86.8 Å². The Morgan fingerprint density at radius 2 is 1.80 bits per heavy atom. The number of carbonyl (C=O) groups is 2. The molecule has 0 fully saturated rings. The minimum absolute atomic E-state index is 0.0803. The maximum absolute atomic E-state index is 13.7. The molecule has 0 unspecified atom stereocenters. The van der Waals surface area contributed by atoms with Gasteiger partial charge in [0.25, 0.3) is 11.8 Å². The predicted octanol–water partition coefficient (Wildman–Crippen LogP) is 5.47. The largest absolute Gasteiger partial charge is 0.322 e. The number of pyridine rings is 1. The third kappa shape index (κ3) is 4.21. The molecule has 5 rings (SSSR count). The second-order valence-corrected chi connectivity index (χ2v) is 8.63. The van der Waals surface area contributed by atoms with Gasteiger partial charge in [0.05, 0.1) is 5.56 Å². The molecule has 1 N–H and O–H groups in total. The van der Waals surface area contributed by atoms with E-state index in [1.807, 2.05) is 60.9 Å². The van der Waals surface area contributed by atoms with E-state index in [1.165, 1.54) is 24.3 Å². The molecule has 3 heterocycles. The standard InChI is InChI=1S/C28H25FN4O2/c1-18-17-23(19(2)33(18)26-10-3-4-15-30-26)28(35)32-16-6-7-22-24(8-5-9-25(22)32)31-27(34)20-11-13-21(29)14-12-20/h3-5,8-15,17H,6-7,16H2,1-2H3,(H,31,34). The number of nitrogens with zero attached hydrogens (tertiary/aromatic N) is 3. The predicted molar refractivity (Wildman–Crippen MR) is 134 cm³/mol. The molecule has 2 aromatic heterocycles. The molecule has 35 heavy (non-hydrogen) atoms. The molecule has 6 nitrogen and oxygen atoms in total. The van der Waals surface area contributed by atoms with E-state index >= 15 is 0 Å². The van der Waals surface area contributed by atoms with Crippen molar-refractivity contribution in [2.75, 3.05) is 16.8 Å². The maximum Gasteiger partial charge on any atom is 0.260 e. The fraction of sp³-hybridized carbons (Fsp3) is 0.179. The highest BCUT2D eigenvalue weighted by Crippen LogP contribution is 2.35. The molecule has 4 aromatic rings. The summed E-state index contributed by atoms with van der Waals surface area (Å²) in [5.74, 6) is -0.0226. The fourth-order valence-electron chi connectivity index (χ4n) is 4.71. The molecule has 0 aliphatic carbocycles. The topological polar surface area (TPSA) is 67.2 Å². The summed E-state index contributed by atoms with van der Waals surface area (Å²) in [7, 11) is 0. The number of nitrogens with one attached hydrogen (secondary N) is 1. The number of aryl methyl sites for hydroxylation is 1. The Bertz CT molecular complexity index is 1410. The van der Waals surface area contributed by atoms with Crippen LogP contribution >= 0.6 is 0 Å². The van der Waals surface area contributed by atoms with Crippen molar-refractivity contribution in [3.05, 3.63) is 107 Å². The molecular formula is C28H25FN4O2. The Labute approximate surface area is 203 Å². The Kier molecular flexibility index (Phi) is 5.91. The third-order valence-electron chi connectivity index (χ3n) is 6.39. The smallest absolute Gasteiger partial charge is 0.260 e. The van der Waals surface area contributed by atoms with E-state index in [-0.39, 0.29) is 11.8 Å². The molecule has 7 heteroatoms. The number of benzene rings is 2. The van der Waals surface area contributed by atoms with Crippen molar-refractivity contribution in [1.82, 2.24) is 9.55 Å². The molecule has 2 amide bonds. The minimum Gasteiger partial charge on any atom is -0.322 e. The molecule has 0 saturated carbocycles. The number of aromatic nitrogens is 2. The van der Waals surface area contributed by atoms with Gasteiger partial charge in [0.15, 0.2) is 0 Å². The maximum atomic E-state index is 13.7. The zero-order chi connectivity index (χ0) is 24.5. The van der Waals surface area contributed by atoms with Crippen molar-refractivity contribution >= 4 is 23.2 Å². The van der Waals surface area contributed by atoms with Gasteiger partial charge in [-0.2, -0.15) is 0 Å². The summed E-state index contributed by atoms with van der Waals surface area (Å²) in [6.07, 6.45) is 3.26. The van der Waals surface area contributed by atoms with Gasteiger partial charge in [-0.25, -0.2) is 9.37 Å². The van der Waals surface area contributed by atoms with Crippen molar-refractivity contribution in [3.63, 3.8) is 0 Å². The van der Waals surface area contributed by atoms with Crippen LogP contribution in [0.5, 0.6) is 0 Å². The van der Waals surface area contributed by atoms with Crippen LogP contribution in [0.3, 0.4) is 0 Å². The number of rotatable bonds is 4. The summed E-state index contributed by atoms with van der Waals surface area (Å²) in [5.41, 5.74) is 5.13. The minimum atomic E-state index is -0.393. The number of fused-ring (bicyclic) bond motifs is 1. The zero-order valence-electron chi connectivity index (χ0n) is 19.6. The SMILES string of the molecule is Cc1cc(C(=O)N2CCCc3c(NC(=O)c4ccc(F)cc4)cccc32)c(C)n1-c1ccccn1. The first-order chi connectivity index (χ1) is 16.9. The highest BCUT2D eigenvalue weighted by Gasteiger charge is 2.28. The van der Waals surface area contributed by atoms with Gasteiger partial charge in [0.2, 0.25) is 0 Å². The van der Waals surface area contributed by atoms with Crippen LogP contribution in [0.2, 0.25) is 0 Å². The van der Waals surface area contributed by atoms with E-state index in [1.54, 1.807) is 11.1 Å². The first kappa shape index (κ1) is 22.5. The van der Waals surface area contributed by atoms with E-state index in [2.05, 4.69) is 10.3 Å². The number of anilines is 2. The highest BCUT2D eigenvalue weighted by atomic mass is 19.1. The molecule has 1 aliphatic rings. The third-order valence-corrected chi connectivity index (χ3v) is 6.39. The molecule has 0 saturated heterocycles. The number of amides is 2. The molecule has 0 radical (unpaired) electrons. The normalized spacial score (nSPS) is 12.8. The Morgan fingerprint density at radius 3 is 2.54 bits per heavy atom. The molecular weight excluding hydrogens is 443 g/mol. The van der Waals surface area contributed by atoms with Crippen LogP contribution in [0.15, 0.2) is 72.9 Å². The first-order valence-corrected chi connectivity index (χ1v) is 11.5. The number of carbonyl (C=O) groups excluding carboxylic acids is 2. The van der Waals surface area contributed by atoms with Crippen molar-refractivity contribution in [2.24, 2.45) is 0 Å². The second kappa shape index (κ2) is 9.18. The van der Waals surface area contributed by atoms with Gasteiger partial charge in [0, 0.05) is 41.1 Å². The van der Waals surface area contributed by atoms with Gasteiger partial charge < -0.3 is 14.8 Å².